The van der Waals surface area contributed by atoms with E-state index in [0.29, 0.717) is 17.1 Å². The molecule has 2 nitrogen and oxygen atoms in total. The summed E-state index contributed by atoms with van der Waals surface area (Å²) in [6, 6.07) is 13.3. The van der Waals surface area contributed by atoms with Gasteiger partial charge >= 0.3 is 0 Å². The molecule has 0 saturated carbocycles. The lowest BCUT2D eigenvalue weighted by molar-refractivity contribution is 0.473. The van der Waals surface area contributed by atoms with E-state index in [1.807, 2.05) is 30.3 Å². The molecule has 0 heterocycles. The summed E-state index contributed by atoms with van der Waals surface area (Å²) in [6.45, 7) is 0.627. The number of halogens is 2. The lowest BCUT2D eigenvalue weighted by atomic mass is 10.2. The quantitative estimate of drug-likeness (QED) is 0.749. The molecular formula is C14H11Br2NOS. The van der Waals surface area contributed by atoms with E-state index in [0.717, 1.165) is 14.5 Å². The minimum atomic E-state index is 0.169. The summed E-state index contributed by atoms with van der Waals surface area (Å²) < 4.78 is 1.87. The van der Waals surface area contributed by atoms with Gasteiger partial charge in [0.15, 0.2) is 0 Å². The van der Waals surface area contributed by atoms with Crippen molar-refractivity contribution in [2.75, 3.05) is 0 Å². The van der Waals surface area contributed by atoms with E-state index in [9.17, 15) is 5.11 Å². The molecule has 0 atom stereocenters. The Kier molecular flexibility index (Phi) is 4.96. The molecule has 0 unspecified atom stereocenters. The maximum atomic E-state index is 9.83. The number of hydrogen-bond donors (Lipinski definition) is 2. The van der Waals surface area contributed by atoms with Gasteiger partial charge in [0.25, 0.3) is 0 Å². The van der Waals surface area contributed by atoms with Gasteiger partial charge in [-0.25, -0.2) is 0 Å². The number of aromatic hydroxyl groups is 1. The first-order valence-corrected chi connectivity index (χ1v) is 7.57. The molecule has 0 radical (unpaired) electrons. The van der Waals surface area contributed by atoms with Crippen LogP contribution in [0.15, 0.2) is 51.4 Å². The zero-order valence-electron chi connectivity index (χ0n) is 9.86. The molecule has 2 aromatic rings. The molecule has 0 spiro atoms. The van der Waals surface area contributed by atoms with Gasteiger partial charge in [-0.1, -0.05) is 56.2 Å². The number of benzene rings is 2. The van der Waals surface area contributed by atoms with Gasteiger partial charge in [-0.3, -0.25) is 0 Å². The minimum absolute atomic E-state index is 0.169. The van der Waals surface area contributed by atoms with Crippen LogP contribution in [0.1, 0.15) is 11.1 Å². The summed E-state index contributed by atoms with van der Waals surface area (Å²) in [5.41, 5.74) is 1.76. The molecule has 0 aliphatic rings. The minimum Gasteiger partial charge on any atom is -0.507 e. The van der Waals surface area contributed by atoms with Gasteiger partial charge in [-0.05, 0) is 35.9 Å². The van der Waals surface area contributed by atoms with Crippen LogP contribution < -0.4 is 5.32 Å². The Hall–Kier alpha value is -0.910. The van der Waals surface area contributed by atoms with Gasteiger partial charge in [0.05, 0.1) is 5.56 Å². The number of phenols is 1. The molecule has 19 heavy (non-hydrogen) atoms. The Morgan fingerprint density at radius 2 is 1.68 bits per heavy atom. The van der Waals surface area contributed by atoms with Crippen LogP contribution >= 0.6 is 44.1 Å². The third-order valence-corrected chi connectivity index (χ3v) is 3.96. The van der Waals surface area contributed by atoms with Crippen LogP contribution in [0, 0.1) is 0 Å². The van der Waals surface area contributed by atoms with Crippen molar-refractivity contribution >= 4 is 49.1 Å². The summed E-state index contributed by atoms with van der Waals surface area (Å²) in [7, 11) is 0. The Morgan fingerprint density at radius 1 is 1.05 bits per heavy atom. The highest BCUT2D eigenvalue weighted by molar-refractivity contribution is 9.10. The van der Waals surface area contributed by atoms with Crippen LogP contribution in [0.25, 0.3) is 0 Å². The van der Waals surface area contributed by atoms with E-state index in [1.54, 1.807) is 12.1 Å². The molecule has 0 aliphatic heterocycles. The van der Waals surface area contributed by atoms with Crippen LogP contribution in [0.2, 0.25) is 0 Å². The van der Waals surface area contributed by atoms with Crippen LogP contribution in [-0.2, 0) is 6.54 Å². The predicted molar refractivity (Wildman–Crippen MR) is 88.5 cm³/mol. The lowest BCUT2D eigenvalue weighted by Crippen LogP contribution is -2.21. The molecule has 0 amide bonds. The van der Waals surface area contributed by atoms with Gasteiger partial charge in [0.1, 0.15) is 10.7 Å². The molecule has 0 aliphatic carbocycles. The van der Waals surface area contributed by atoms with Crippen molar-refractivity contribution in [3.8, 4) is 5.75 Å². The van der Waals surface area contributed by atoms with E-state index in [1.165, 1.54) is 0 Å². The van der Waals surface area contributed by atoms with Crippen LogP contribution in [0.5, 0.6) is 5.75 Å². The van der Waals surface area contributed by atoms with Crippen molar-refractivity contribution in [2.24, 2.45) is 0 Å². The second kappa shape index (κ2) is 6.50. The van der Waals surface area contributed by atoms with Crippen molar-refractivity contribution in [1.82, 2.24) is 5.32 Å². The molecule has 5 heteroatoms. The predicted octanol–water partition coefficient (Wildman–Crippen LogP) is 4.38. The van der Waals surface area contributed by atoms with Crippen molar-refractivity contribution < 1.29 is 5.11 Å². The van der Waals surface area contributed by atoms with Crippen LogP contribution in [-0.4, -0.2) is 10.1 Å². The lowest BCUT2D eigenvalue weighted by Gasteiger charge is -2.10. The number of hydrogen-bond acceptors (Lipinski definition) is 2. The summed E-state index contributed by atoms with van der Waals surface area (Å²) >= 11 is 12.0. The summed E-state index contributed by atoms with van der Waals surface area (Å²) in [5, 5.41) is 13.0. The Labute approximate surface area is 134 Å². The van der Waals surface area contributed by atoms with Gasteiger partial charge in [-0.15, -0.1) is 0 Å². The van der Waals surface area contributed by atoms with Crippen LogP contribution in [0.4, 0.5) is 0 Å². The molecule has 2 aromatic carbocycles. The molecular weight excluding hydrogens is 390 g/mol. The number of phenolic OH excluding ortho intramolecular Hbond substituents is 1. The van der Waals surface area contributed by atoms with E-state index >= 15 is 0 Å². The first kappa shape index (κ1) is 14.5. The van der Waals surface area contributed by atoms with E-state index in [4.69, 9.17) is 12.2 Å². The van der Waals surface area contributed by atoms with Crippen molar-refractivity contribution in [3.05, 3.63) is 62.5 Å². The molecule has 0 saturated heterocycles. The maximum absolute atomic E-state index is 9.83. The monoisotopic (exact) mass is 399 g/mol. The number of thiocarbonyl (C=S) groups is 1. The number of nitrogens with one attached hydrogen (secondary N) is 1. The highest BCUT2D eigenvalue weighted by Crippen LogP contribution is 2.22. The fraction of sp³-hybridized carbons (Fsp3) is 0.0714. The average molecular weight is 401 g/mol. The fourth-order valence-electron chi connectivity index (χ4n) is 1.58. The van der Waals surface area contributed by atoms with E-state index < -0.39 is 0 Å². The Bertz CT molecular complexity index is 599. The van der Waals surface area contributed by atoms with Gasteiger partial charge in [0.2, 0.25) is 0 Å². The second-order valence-corrected chi connectivity index (χ2v) is 6.21. The molecule has 98 valence electrons. The molecule has 2 rings (SSSR count). The third kappa shape index (κ3) is 4.03. The van der Waals surface area contributed by atoms with Crippen molar-refractivity contribution in [1.29, 1.82) is 0 Å². The molecule has 2 N–H and O–H groups in total. The summed E-state index contributed by atoms with van der Waals surface area (Å²) in [4.78, 5) is 0.535. The topological polar surface area (TPSA) is 32.3 Å². The molecule has 0 bridgehead atoms. The van der Waals surface area contributed by atoms with Crippen molar-refractivity contribution in [3.63, 3.8) is 0 Å². The van der Waals surface area contributed by atoms with E-state index in [-0.39, 0.29) is 5.75 Å². The smallest absolute Gasteiger partial charge is 0.126 e. The summed E-state index contributed by atoms with van der Waals surface area (Å²) in [5.74, 6) is 0.169. The zero-order valence-corrected chi connectivity index (χ0v) is 13.8. The normalized spacial score (nSPS) is 10.2. The van der Waals surface area contributed by atoms with E-state index in [2.05, 4.69) is 37.2 Å². The average Bonchev–Trinajstić information content (AvgIpc) is 2.37. The summed E-state index contributed by atoms with van der Waals surface area (Å²) in [6.07, 6.45) is 0. The maximum Gasteiger partial charge on any atom is 0.126 e. The third-order valence-electron chi connectivity index (χ3n) is 2.57. The second-order valence-electron chi connectivity index (χ2n) is 3.97. The first-order valence-electron chi connectivity index (χ1n) is 5.57. The van der Waals surface area contributed by atoms with Gasteiger partial charge < -0.3 is 10.4 Å². The standard InChI is InChI=1S/C14H11Br2NOS/c15-10-3-1-9(2-4-10)8-17-14(19)12-6-5-11(16)7-13(12)18/h1-7,18H,8H2,(H,17,19). The van der Waals surface area contributed by atoms with Crippen LogP contribution in [0.3, 0.4) is 0 Å². The Balaban J connectivity index is 2.03. The highest BCUT2D eigenvalue weighted by Gasteiger charge is 2.07. The molecule has 0 fully saturated rings. The van der Waals surface area contributed by atoms with Gasteiger partial charge in [0, 0.05) is 15.5 Å². The number of rotatable bonds is 3. The first-order chi connectivity index (χ1) is 9.06. The fourth-order valence-corrected chi connectivity index (χ4v) is 2.43. The zero-order chi connectivity index (χ0) is 13.8. The highest BCUT2D eigenvalue weighted by atomic mass is 79.9. The van der Waals surface area contributed by atoms with Crippen molar-refractivity contribution in [2.45, 2.75) is 6.54 Å². The Morgan fingerprint density at radius 3 is 2.32 bits per heavy atom. The van der Waals surface area contributed by atoms with Gasteiger partial charge in [-0.2, -0.15) is 0 Å². The SMILES string of the molecule is Oc1cc(Br)ccc1C(=S)NCc1ccc(Br)cc1. The largest absolute Gasteiger partial charge is 0.507 e. The molecule has 0 aromatic heterocycles.